The van der Waals surface area contributed by atoms with E-state index < -0.39 is 0 Å². The largest absolute Gasteiger partial charge is 0.316 e. The van der Waals surface area contributed by atoms with Gasteiger partial charge in [0.05, 0.1) is 0 Å². The van der Waals surface area contributed by atoms with E-state index in [1.165, 1.54) is 12.8 Å². The van der Waals surface area contributed by atoms with Gasteiger partial charge in [0, 0.05) is 25.6 Å². The number of ketones is 1. The van der Waals surface area contributed by atoms with Crippen molar-refractivity contribution in [3.05, 3.63) is 23.7 Å². The van der Waals surface area contributed by atoms with Crippen LogP contribution in [0.5, 0.6) is 0 Å². The van der Waals surface area contributed by atoms with Gasteiger partial charge in [-0.1, -0.05) is 0 Å². The average molecular weight is 229 g/mol. The maximum Gasteiger partial charge on any atom is 0.160 e. The highest BCUT2D eigenvalue weighted by Gasteiger charge is 2.29. The fraction of sp³-hybridized carbons (Fsp3) is 0.462. The summed E-state index contributed by atoms with van der Waals surface area (Å²) in [5.74, 6) is 1.87. The molecule has 0 amide bonds. The number of imidazole rings is 1. The maximum atomic E-state index is 11.2. The van der Waals surface area contributed by atoms with Gasteiger partial charge < -0.3 is 4.57 Å². The van der Waals surface area contributed by atoms with Crippen molar-refractivity contribution < 1.29 is 4.79 Å². The molecule has 1 aliphatic carbocycles. The van der Waals surface area contributed by atoms with Crippen LogP contribution in [-0.2, 0) is 18.3 Å². The van der Waals surface area contributed by atoms with Crippen molar-refractivity contribution in [2.45, 2.75) is 32.1 Å². The first-order valence-electron chi connectivity index (χ1n) is 5.96. The van der Waals surface area contributed by atoms with E-state index in [0.717, 1.165) is 22.6 Å². The lowest BCUT2D eigenvalue weighted by Crippen LogP contribution is -1.98. The first-order valence-corrected chi connectivity index (χ1v) is 5.96. The highest BCUT2D eigenvalue weighted by atomic mass is 16.1. The van der Waals surface area contributed by atoms with E-state index in [2.05, 4.69) is 14.5 Å². The molecule has 0 saturated heterocycles. The summed E-state index contributed by atoms with van der Waals surface area (Å²) in [5.41, 5.74) is 2.78. The minimum Gasteiger partial charge on any atom is -0.316 e. The second-order valence-corrected chi connectivity index (χ2v) is 4.82. The number of aromatic nitrogens is 3. The van der Waals surface area contributed by atoms with Gasteiger partial charge in [-0.15, -0.1) is 0 Å². The maximum absolute atomic E-state index is 11.2. The number of carbonyl (C=O) groups excluding carboxylic acids is 1. The van der Waals surface area contributed by atoms with Gasteiger partial charge in [0.2, 0.25) is 0 Å². The SMILES string of the molecule is CC(=O)Cc1ccnc2c1nc(C1CC1)n2C. The van der Waals surface area contributed by atoms with Crippen LogP contribution < -0.4 is 0 Å². The van der Waals surface area contributed by atoms with Gasteiger partial charge in [-0.25, -0.2) is 9.97 Å². The molecular weight excluding hydrogens is 214 g/mol. The predicted molar refractivity (Wildman–Crippen MR) is 64.9 cm³/mol. The summed E-state index contributed by atoms with van der Waals surface area (Å²) >= 11 is 0. The molecule has 3 rings (SSSR count). The van der Waals surface area contributed by atoms with Gasteiger partial charge in [-0.3, -0.25) is 4.79 Å². The summed E-state index contributed by atoms with van der Waals surface area (Å²) in [7, 11) is 2.01. The van der Waals surface area contributed by atoms with Crippen molar-refractivity contribution in [1.29, 1.82) is 0 Å². The molecule has 17 heavy (non-hydrogen) atoms. The van der Waals surface area contributed by atoms with Crippen LogP contribution in [0.4, 0.5) is 0 Å². The van der Waals surface area contributed by atoms with Crippen LogP contribution >= 0.6 is 0 Å². The zero-order chi connectivity index (χ0) is 12.0. The minimum atomic E-state index is 0.163. The first-order chi connectivity index (χ1) is 8.16. The van der Waals surface area contributed by atoms with Crippen molar-refractivity contribution in [2.75, 3.05) is 0 Å². The monoisotopic (exact) mass is 229 g/mol. The Morgan fingerprint density at radius 1 is 1.53 bits per heavy atom. The number of aryl methyl sites for hydroxylation is 1. The molecule has 4 heteroatoms. The molecule has 1 saturated carbocycles. The second-order valence-electron chi connectivity index (χ2n) is 4.82. The number of rotatable bonds is 3. The van der Waals surface area contributed by atoms with E-state index >= 15 is 0 Å². The lowest BCUT2D eigenvalue weighted by atomic mass is 10.1. The molecule has 4 nitrogen and oxygen atoms in total. The van der Waals surface area contributed by atoms with Crippen molar-refractivity contribution in [2.24, 2.45) is 7.05 Å². The van der Waals surface area contributed by atoms with Crippen LogP contribution in [0.2, 0.25) is 0 Å². The molecule has 0 unspecified atom stereocenters. The summed E-state index contributed by atoms with van der Waals surface area (Å²) in [5, 5.41) is 0. The summed E-state index contributed by atoms with van der Waals surface area (Å²) in [6.45, 7) is 1.61. The number of carbonyl (C=O) groups is 1. The zero-order valence-corrected chi connectivity index (χ0v) is 10.1. The van der Waals surface area contributed by atoms with Gasteiger partial charge in [-0.05, 0) is 31.4 Å². The van der Waals surface area contributed by atoms with E-state index in [4.69, 9.17) is 0 Å². The molecule has 88 valence electrons. The Morgan fingerprint density at radius 2 is 2.29 bits per heavy atom. The number of nitrogens with zero attached hydrogens (tertiary/aromatic N) is 3. The Labute approximate surface area is 99.7 Å². The number of hydrogen-bond acceptors (Lipinski definition) is 3. The molecule has 2 aromatic rings. The fourth-order valence-corrected chi connectivity index (χ4v) is 2.26. The first kappa shape index (κ1) is 10.4. The predicted octanol–water partition coefficient (Wildman–Crippen LogP) is 1.98. The summed E-state index contributed by atoms with van der Waals surface area (Å²) in [6, 6.07) is 1.90. The van der Waals surface area contributed by atoms with E-state index in [-0.39, 0.29) is 5.78 Å². The van der Waals surface area contributed by atoms with Crippen molar-refractivity contribution >= 4 is 16.9 Å². The van der Waals surface area contributed by atoms with Crippen molar-refractivity contribution in [1.82, 2.24) is 14.5 Å². The Hall–Kier alpha value is -1.71. The van der Waals surface area contributed by atoms with Gasteiger partial charge >= 0.3 is 0 Å². The van der Waals surface area contributed by atoms with Crippen LogP contribution in [0.15, 0.2) is 12.3 Å². The molecule has 0 radical (unpaired) electrons. The minimum absolute atomic E-state index is 0.163. The van der Waals surface area contributed by atoms with Crippen LogP contribution in [0, 0.1) is 0 Å². The number of hydrogen-bond donors (Lipinski definition) is 0. The zero-order valence-electron chi connectivity index (χ0n) is 10.1. The molecular formula is C13H15N3O. The normalized spacial score (nSPS) is 15.4. The average Bonchev–Trinajstić information content (AvgIpc) is 3.05. The quantitative estimate of drug-likeness (QED) is 0.808. The van der Waals surface area contributed by atoms with Gasteiger partial charge in [0.1, 0.15) is 17.1 Å². The van der Waals surface area contributed by atoms with E-state index in [0.29, 0.717) is 12.3 Å². The number of fused-ring (bicyclic) bond motifs is 1. The smallest absolute Gasteiger partial charge is 0.160 e. The lowest BCUT2D eigenvalue weighted by Gasteiger charge is -1.99. The summed E-state index contributed by atoms with van der Waals surface area (Å²) < 4.78 is 2.07. The van der Waals surface area contributed by atoms with E-state index in [1.54, 1.807) is 13.1 Å². The third-order valence-electron chi connectivity index (χ3n) is 3.26. The Kier molecular flexibility index (Phi) is 2.24. The molecule has 1 aliphatic rings. The van der Waals surface area contributed by atoms with Crippen LogP contribution in [0.1, 0.15) is 37.1 Å². The molecule has 2 aromatic heterocycles. The Morgan fingerprint density at radius 3 is 2.94 bits per heavy atom. The Balaban J connectivity index is 2.17. The molecule has 0 atom stereocenters. The molecule has 1 fully saturated rings. The van der Waals surface area contributed by atoms with Crippen LogP contribution in [0.25, 0.3) is 11.2 Å². The highest BCUT2D eigenvalue weighted by molar-refractivity contribution is 5.84. The molecule has 0 spiro atoms. The molecule has 0 bridgehead atoms. The molecule has 0 aromatic carbocycles. The van der Waals surface area contributed by atoms with Gasteiger partial charge in [0.25, 0.3) is 0 Å². The number of pyridine rings is 1. The number of Topliss-reactive ketones (excluding diaryl/α,β-unsaturated/α-hetero) is 1. The van der Waals surface area contributed by atoms with Crippen molar-refractivity contribution in [3.63, 3.8) is 0 Å². The standard InChI is InChI=1S/C13H15N3O/c1-8(17)7-10-5-6-14-13-11(10)15-12(16(13)2)9-3-4-9/h5-6,9H,3-4,7H2,1-2H3. The van der Waals surface area contributed by atoms with Crippen LogP contribution in [0.3, 0.4) is 0 Å². The molecule has 0 N–H and O–H groups in total. The lowest BCUT2D eigenvalue weighted by molar-refractivity contribution is -0.116. The highest BCUT2D eigenvalue weighted by Crippen LogP contribution is 2.40. The topological polar surface area (TPSA) is 47.8 Å². The summed E-state index contributed by atoms with van der Waals surface area (Å²) in [6.07, 6.45) is 4.65. The molecule has 0 aliphatic heterocycles. The van der Waals surface area contributed by atoms with Crippen molar-refractivity contribution in [3.8, 4) is 0 Å². The van der Waals surface area contributed by atoms with E-state index in [1.807, 2.05) is 13.1 Å². The molecule has 2 heterocycles. The summed E-state index contributed by atoms with van der Waals surface area (Å²) in [4.78, 5) is 20.3. The third kappa shape index (κ3) is 1.73. The van der Waals surface area contributed by atoms with E-state index in [9.17, 15) is 4.79 Å². The Bertz CT molecular complexity index is 596. The van der Waals surface area contributed by atoms with Gasteiger partial charge in [-0.2, -0.15) is 0 Å². The fourth-order valence-electron chi connectivity index (χ4n) is 2.26. The van der Waals surface area contributed by atoms with Gasteiger partial charge in [0.15, 0.2) is 5.65 Å². The van der Waals surface area contributed by atoms with Crippen LogP contribution in [-0.4, -0.2) is 20.3 Å². The third-order valence-corrected chi connectivity index (χ3v) is 3.26. The second kappa shape index (κ2) is 3.65.